The summed E-state index contributed by atoms with van der Waals surface area (Å²) in [5.41, 5.74) is 1.18. The topological polar surface area (TPSA) is 93.3 Å². The number of fused-ring (bicyclic) bond motifs is 1. The van der Waals surface area contributed by atoms with E-state index in [4.69, 9.17) is 4.42 Å². The molecular weight excluding hydrogens is 358 g/mol. The number of aromatic nitrogens is 3. The van der Waals surface area contributed by atoms with E-state index in [2.05, 4.69) is 15.3 Å². The molecular formula is C20H23N5O3. The normalized spacial score (nSPS) is 15.1. The smallest absolute Gasteiger partial charge is 0.295 e. The number of amides is 1. The molecule has 0 aromatic carbocycles. The monoisotopic (exact) mass is 381 g/mol. The Morgan fingerprint density at radius 1 is 1.29 bits per heavy atom. The van der Waals surface area contributed by atoms with Crippen molar-refractivity contribution in [3.63, 3.8) is 0 Å². The molecule has 146 valence electrons. The van der Waals surface area contributed by atoms with E-state index in [0.717, 1.165) is 5.76 Å². The highest BCUT2D eigenvalue weighted by atomic mass is 16.3. The fourth-order valence-electron chi connectivity index (χ4n) is 3.65. The maximum atomic E-state index is 12.9. The van der Waals surface area contributed by atoms with Crippen molar-refractivity contribution in [2.75, 3.05) is 18.0 Å². The van der Waals surface area contributed by atoms with E-state index in [-0.39, 0.29) is 17.4 Å². The van der Waals surface area contributed by atoms with Gasteiger partial charge in [-0.25, -0.2) is 9.97 Å². The number of carbonyl (C=O) groups is 1. The molecule has 1 aliphatic heterocycles. The van der Waals surface area contributed by atoms with Gasteiger partial charge in [0.15, 0.2) is 11.5 Å². The lowest BCUT2D eigenvalue weighted by Crippen LogP contribution is -2.43. The minimum atomic E-state index is -0.130. The number of pyridine rings is 1. The number of aryl methyl sites for hydroxylation is 1. The van der Waals surface area contributed by atoms with Crippen molar-refractivity contribution in [1.82, 2.24) is 19.9 Å². The molecule has 0 spiro atoms. The maximum Gasteiger partial charge on any atom is 0.295 e. The third kappa shape index (κ3) is 3.49. The first-order valence-electron chi connectivity index (χ1n) is 9.58. The van der Waals surface area contributed by atoms with Crippen molar-refractivity contribution in [2.45, 2.75) is 32.9 Å². The van der Waals surface area contributed by atoms with Crippen LogP contribution in [0.2, 0.25) is 0 Å². The van der Waals surface area contributed by atoms with E-state index in [1.807, 2.05) is 30.0 Å². The van der Waals surface area contributed by atoms with Gasteiger partial charge >= 0.3 is 0 Å². The fourth-order valence-corrected chi connectivity index (χ4v) is 3.65. The number of hydrogen-bond donors (Lipinski definition) is 1. The average Bonchev–Trinajstić information content (AvgIpc) is 3.25. The first-order valence-corrected chi connectivity index (χ1v) is 9.58. The summed E-state index contributed by atoms with van der Waals surface area (Å²) in [6.07, 6.45) is 4.63. The van der Waals surface area contributed by atoms with Crippen LogP contribution in [0.4, 0.5) is 5.82 Å². The summed E-state index contributed by atoms with van der Waals surface area (Å²) in [5, 5.41) is 2.92. The molecule has 3 aromatic heterocycles. The summed E-state index contributed by atoms with van der Waals surface area (Å²) < 4.78 is 6.90. The Bertz CT molecular complexity index is 1020. The molecule has 1 aliphatic rings. The Labute approximate surface area is 162 Å². The molecule has 1 fully saturated rings. The van der Waals surface area contributed by atoms with Crippen LogP contribution in [0.3, 0.4) is 0 Å². The first-order chi connectivity index (χ1) is 13.7. The third-order valence-corrected chi connectivity index (χ3v) is 5.18. The molecule has 0 atom stereocenters. The quantitative estimate of drug-likeness (QED) is 0.726. The molecule has 1 amide bonds. The Balaban J connectivity index is 1.45. The first kappa shape index (κ1) is 18.2. The molecule has 8 heteroatoms. The second kappa shape index (κ2) is 7.84. The van der Waals surface area contributed by atoms with Gasteiger partial charge in [0.1, 0.15) is 11.3 Å². The average molecular weight is 381 g/mol. The Kier molecular flexibility index (Phi) is 5.10. The highest BCUT2D eigenvalue weighted by Crippen LogP contribution is 2.21. The largest absolute Gasteiger partial charge is 0.467 e. The number of furan rings is 1. The summed E-state index contributed by atoms with van der Waals surface area (Å²) in [4.78, 5) is 36.2. The van der Waals surface area contributed by atoms with Gasteiger partial charge < -0.3 is 14.6 Å². The SMILES string of the molecule is CCn1c(=O)c(N2CCC(C(=O)NCc3ccco3)CC2)nc2cccnc21. The van der Waals surface area contributed by atoms with E-state index in [1.165, 1.54) is 0 Å². The number of rotatable bonds is 5. The van der Waals surface area contributed by atoms with Gasteiger partial charge in [0.05, 0.1) is 12.8 Å². The molecule has 4 heterocycles. The number of hydrogen-bond acceptors (Lipinski definition) is 6. The predicted octanol–water partition coefficient (Wildman–Crippen LogP) is 1.94. The highest BCUT2D eigenvalue weighted by Gasteiger charge is 2.27. The zero-order chi connectivity index (χ0) is 19.5. The standard InChI is InChI=1S/C20H23N5O3/c1-2-25-17-16(6-3-9-21-17)23-18(20(25)27)24-10-7-14(8-11-24)19(26)22-13-15-5-4-12-28-15/h3-6,9,12,14H,2,7-8,10-11,13H2,1H3,(H,22,26). The summed E-state index contributed by atoms with van der Waals surface area (Å²) in [7, 11) is 0. The van der Waals surface area contributed by atoms with Crippen LogP contribution in [0.15, 0.2) is 45.9 Å². The minimum absolute atomic E-state index is 0.0256. The molecule has 1 saturated heterocycles. The van der Waals surface area contributed by atoms with Gasteiger partial charge in [-0.15, -0.1) is 0 Å². The third-order valence-electron chi connectivity index (χ3n) is 5.18. The van der Waals surface area contributed by atoms with Crippen LogP contribution in [0.1, 0.15) is 25.5 Å². The van der Waals surface area contributed by atoms with E-state index >= 15 is 0 Å². The number of nitrogens with one attached hydrogen (secondary N) is 1. The summed E-state index contributed by atoms with van der Waals surface area (Å²) in [5.74, 6) is 1.14. The molecule has 3 aromatic rings. The van der Waals surface area contributed by atoms with Crippen molar-refractivity contribution < 1.29 is 9.21 Å². The van der Waals surface area contributed by atoms with Crippen LogP contribution < -0.4 is 15.8 Å². The van der Waals surface area contributed by atoms with Gasteiger partial charge in [-0.3, -0.25) is 14.2 Å². The maximum absolute atomic E-state index is 12.9. The van der Waals surface area contributed by atoms with Crippen LogP contribution in [0.25, 0.3) is 11.2 Å². The molecule has 28 heavy (non-hydrogen) atoms. The molecule has 8 nitrogen and oxygen atoms in total. The van der Waals surface area contributed by atoms with Gasteiger partial charge in [0, 0.05) is 31.7 Å². The van der Waals surface area contributed by atoms with Crippen molar-refractivity contribution in [1.29, 1.82) is 0 Å². The molecule has 1 N–H and O–H groups in total. The molecule has 0 saturated carbocycles. The van der Waals surface area contributed by atoms with Crippen LogP contribution in [-0.2, 0) is 17.9 Å². The lowest BCUT2D eigenvalue weighted by Gasteiger charge is -2.32. The highest BCUT2D eigenvalue weighted by molar-refractivity contribution is 5.79. The second-order valence-corrected chi connectivity index (χ2v) is 6.89. The number of piperidine rings is 1. The number of carbonyl (C=O) groups excluding carboxylic acids is 1. The number of nitrogens with zero attached hydrogens (tertiary/aromatic N) is 4. The molecule has 0 aliphatic carbocycles. The zero-order valence-corrected chi connectivity index (χ0v) is 15.8. The van der Waals surface area contributed by atoms with Crippen LogP contribution in [-0.4, -0.2) is 33.5 Å². The lowest BCUT2D eigenvalue weighted by molar-refractivity contribution is -0.125. The van der Waals surface area contributed by atoms with E-state index in [1.54, 1.807) is 23.1 Å². The molecule has 0 unspecified atom stereocenters. The summed E-state index contributed by atoms with van der Waals surface area (Å²) >= 11 is 0. The van der Waals surface area contributed by atoms with Gasteiger partial charge in [-0.2, -0.15) is 0 Å². The van der Waals surface area contributed by atoms with Crippen LogP contribution >= 0.6 is 0 Å². The van der Waals surface area contributed by atoms with Gasteiger partial charge in [-0.1, -0.05) is 0 Å². The Morgan fingerprint density at radius 3 is 2.82 bits per heavy atom. The molecule has 0 bridgehead atoms. The fraction of sp³-hybridized carbons (Fsp3) is 0.400. The second-order valence-electron chi connectivity index (χ2n) is 6.89. The van der Waals surface area contributed by atoms with Crippen LogP contribution in [0, 0.1) is 5.92 Å². The van der Waals surface area contributed by atoms with Crippen molar-refractivity contribution in [2.24, 2.45) is 5.92 Å². The van der Waals surface area contributed by atoms with E-state index in [9.17, 15) is 9.59 Å². The predicted molar refractivity (Wildman–Crippen MR) is 105 cm³/mol. The van der Waals surface area contributed by atoms with Crippen LogP contribution in [0.5, 0.6) is 0 Å². The molecule has 0 radical (unpaired) electrons. The summed E-state index contributed by atoms with van der Waals surface area (Å²) in [6, 6.07) is 7.32. The van der Waals surface area contributed by atoms with E-state index < -0.39 is 0 Å². The van der Waals surface area contributed by atoms with Gasteiger partial charge in [-0.05, 0) is 44.0 Å². The van der Waals surface area contributed by atoms with Gasteiger partial charge in [0.25, 0.3) is 5.56 Å². The minimum Gasteiger partial charge on any atom is -0.467 e. The van der Waals surface area contributed by atoms with Crippen molar-refractivity contribution in [3.05, 3.63) is 52.8 Å². The Morgan fingerprint density at radius 2 is 2.11 bits per heavy atom. The summed E-state index contributed by atoms with van der Waals surface area (Å²) in [6.45, 7) is 4.10. The van der Waals surface area contributed by atoms with E-state index in [0.29, 0.717) is 56.0 Å². The van der Waals surface area contributed by atoms with Crippen molar-refractivity contribution >= 4 is 22.9 Å². The number of anilines is 1. The lowest BCUT2D eigenvalue weighted by atomic mass is 9.96. The molecule has 4 rings (SSSR count). The Hall–Kier alpha value is -3.16. The van der Waals surface area contributed by atoms with Gasteiger partial charge in [0.2, 0.25) is 5.91 Å². The zero-order valence-electron chi connectivity index (χ0n) is 15.8. The van der Waals surface area contributed by atoms with Crippen molar-refractivity contribution in [3.8, 4) is 0 Å².